The van der Waals surface area contributed by atoms with Crippen LogP contribution in [0.25, 0.3) is 0 Å². The monoisotopic (exact) mass is 236 g/mol. The molecule has 0 bridgehead atoms. The molecule has 13 heavy (non-hydrogen) atoms. The molecule has 0 atom stereocenters. The van der Waals surface area contributed by atoms with Crippen LogP contribution in [0, 0.1) is 18.8 Å². The maximum absolute atomic E-state index is 10.6. The van der Waals surface area contributed by atoms with Crippen molar-refractivity contribution in [2.24, 2.45) is 0 Å². The van der Waals surface area contributed by atoms with E-state index in [-0.39, 0.29) is 0 Å². The highest BCUT2D eigenvalue weighted by atomic mass is 79.9. The van der Waals surface area contributed by atoms with Gasteiger partial charge in [-0.05, 0) is 18.6 Å². The van der Waals surface area contributed by atoms with Gasteiger partial charge in [-0.3, -0.25) is 4.79 Å². The third-order valence-electron chi connectivity index (χ3n) is 1.63. The summed E-state index contributed by atoms with van der Waals surface area (Å²) < 4.78 is 0. The lowest BCUT2D eigenvalue weighted by Crippen LogP contribution is -1.88. The van der Waals surface area contributed by atoms with Gasteiger partial charge in [0.2, 0.25) is 0 Å². The Hall–Kier alpha value is -1.07. The second-order valence-corrected chi connectivity index (χ2v) is 3.20. The fourth-order valence-corrected chi connectivity index (χ4v) is 1.15. The van der Waals surface area contributed by atoms with E-state index in [2.05, 4.69) is 27.8 Å². The second kappa shape index (κ2) is 4.84. The number of alkyl halides is 1. The Morgan fingerprint density at radius 3 is 2.92 bits per heavy atom. The van der Waals surface area contributed by atoms with Crippen molar-refractivity contribution in [3.05, 3.63) is 34.9 Å². The van der Waals surface area contributed by atoms with Crippen LogP contribution in [0.1, 0.15) is 21.5 Å². The van der Waals surface area contributed by atoms with Crippen molar-refractivity contribution in [3.8, 4) is 11.8 Å². The zero-order valence-electron chi connectivity index (χ0n) is 7.30. The molecule has 0 aliphatic heterocycles. The van der Waals surface area contributed by atoms with Gasteiger partial charge in [-0.15, -0.1) is 0 Å². The maximum Gasteiger partial charge on any atom is 0.151 e. The van der Waals surface area contributed by atoms with Crippen LogP contribution in [0.3, 0.4) is 0 Å². The van der Waals surface area contributed by atoms with Crippen LogP contribution >= 0.6 is 15.9 Å². The smallest absolute Gasteiger partial charge is 0.151 e. The minimum atomic E-state index is 0.624. The molecule has 0 fully saturated rings. The molecule has 0 aliphatic carbocycles. The first-order valence-corrected chi connectivity index (χ1v) is 5.00. The van der Waals surface area contributed by atoms with E-state index in [0.29, 0.717) is 10.9 Å². The molecule has 2 heteroatoms. The highest BCUT2D eigenvalue weighted by Gasteiger charge is 1.97. The largest absolute Gasteiger partial charge is 0.298 e. The number of rotatable bonds is 1. The summed E-state index contributed by atoms with van der Waals surface area (Å²) >= 11 is 3.21. The first-order chi connectivity index (χ1) is 6.27. The predicted molar refractivity (Wildman–Crippen MR) is 57.2 cm³/mol. The first kappa shape index (κ1) is 10.0. The Labute approximate surface area is 86.3 Å². The summed E-state index contributed by atoms with van der Waals surface area (Å²) in [6, 6.07) is 5.61. The quantitative estimate of drug-likeness (QED) is 0.416. The lowest BCUT2D eigenvalue weighted by Gasteiger charge is -1.97. The van der Waals surface area contributed by atoms with E-state index in [0.717, 1.165) is 17.4 Å². The van der Waals surface area contributed by atoms with Crippen LogP contribution in [0.2, 0.25) is 0 Å². The van der Waals surface area contributed by atoms with E-state index in [1.807, 2.05) is 19.1 Å². The predicted octanol–water partition coefficient (Wildman–Crippen LogP) is 2.55. The molecular weight excluding hydrogens is 228 g/mol. The number of carbonyl (C=O) groups excluding carboxylic acids is 1. The molecule has 0 aliphatic rings. The van der Waals surface area contributed by atoms with Crippen molar-refractivity contribution in [1.29, 1.82) is 0 Å². The SMILES string of the molecule is Cc1ccc(C=O)c(C#CCBr)c1. The van der Waals surface area contributed by atoms with E-state index in [9.17, 15) is 4.79 Å². The zero-order valence-corrected chi connectivity index (χ0v) is 8.89. The summed E-state index contributed by atoms with van der Waals surface area (Å²) in [5.74, 6) is 5.80. The van der Waals surface area contributed by atoms with Crippen LogP contribution in [-0.4, -0.2) is 11.6 Å². The fourth-order valence-electron chi connectivity index (χ4n) is 1.01. The molecule has 0 heterocycles. The number of benzene rings is 1. The average Bonchev–Trinajstić information content (AvgIpc) is 2.15. The standard InChI is InChI=1S/C11H9BrO/c1-9-4-5-11(8-13)10(7-9)3-2-6-12/h4-5,7-8H,6H2,1H3. The van der Waals surface area contributed by atoms with Crippen molar-refractivity contribution >= 4 is 22.2 Å². The highest BCUT2D eigenvalue weighted by Crippen LogP contribution is 2.08. The van der Waals surface area contributed by atoms with Gasteiger partial charge < -0.3 is 0 Å². The number of aryl methyl sites for hydroxylation is 1. The molecule has 0 aromatic heterocycles. The lowest BCUT2D eigenvalue weighted by molar-refractivity contribution is 0.112. The van der Waals surface area contributed by atoms with Gasteiger partial charge in [0, 0.05) is 11.1 Å². The zero-order chi connectivity index (χ0) is 9.68. The van der Waals surface area contributed by atoms with E-state index in [1.54, 1.807) is 6.07 Å². The van der Waals surface area contributed by atoms with Crippen LogP contribution in [-0.2, 0) is 0 Å². The van der Waals surface area contributed by atoms with Crippen LogP contribution < -0.4 is 0 Å². The number of halogens is 1. The van der Waals surface area contributed by atoms with E-state index in [1.165, 1.54) is 0 Å². The van der Waals surface area contributed by atoms with Gasteiger partial charge in [0.15, 0.2) is 6.29 Å². The van der Waals surface area contributed by atoms with Crippen molar-refractivity contribution < 1.29 is 4.79 Å². The van der Waals surface area contributed by atoms with E-state index >= 15 is 0 Å². The molecule has 1 aromatic carbocycles. The van der Waals surface area contributed by atoms with Crippen LogP contribution in [0.5, 0.6) is 0 Å². The Balaban J connectivity index is 3.15. The average molecular weight is 237 g/mol. The van der Waals surface area contributed by atoms with Gasteiger partial charge >= 0.3 is 0 Å². The van der Waals surface area contributed by atoms with Crippen LogP contribution in [0.4, 0.5) is 0 Å². The Bertz CT molecular complexity index is 371. The lowest BCUT2D eigenvalue weighted by atomic mass is 10.1. The molecule has 66 valence electrons. The van der Waals surface area contributed by atoms with E-state index in [4.69, 9.17) is 0 Å². The molecule has 1 aromatic rings. The minimum absolute atomic E-state index is 0.624. The van der Waals surface area contributed by atoms with Crippen molar-refractivity contribution in [2.75, 3.05) is 5.33 Å². The van der Waals surface area contributed by atoms with Crippen molar-refractivity contribution in [3.63, 3.8) is 0 Å². The third-order valence-corrected chi connectivity index (χ3v) is 1.91. The highest BCUT2D eigenvalue weighted by molar-refractivity contribution is 9.09. The molecule has 0 saturated carbocycles. The molecule has 0 radical (unpaired) electrons. The first-order valence-electron chi connectivity index (χ1n) is 3.88. The minimum Gasteiger partial charge on any atom is -0.298 e. The third kappa shape index (κ3) is 2.71. The summed E-state index contributed by atoms with van der Waals surface area (Å²) in [7, 11) is 0. The van der Waals surface area contributed by atoms with Crippen molar-refractivity contribution in [2.45, 2.75) is 6.92 Å². The number of aldehydes is 1. The molecule has 0 N–H and O–H groups in total. The molecule has 1 nitrogen and oxygen atoms in total. The van der Waals surface area contributed by atoms with Crippen molar-refractivity contribution in [1.82, 2.24) is 0 Å². The van der Waals surface area contributed by atoms with Gasteiger partial charge in [0.25, 0.3) is 0 Å². The molecule has 0 spiro atoms. The van der Waals surface area contributed by atoms with Crippen LogP contribution in [0.15, 0.2) is 18.2 Å². The molecule has 0 amide bonds. The summed E-state index contributed by atoms with van der Waals surface area (Å²) in [5.41, 5.74) is 2.57. The Morgan fingerprint density at radius 2 is 2.31 bits per heavy atom. The van der Waals surface area contributed by atoms with E-state index < -0.39 is 0 Å². The molecule has 1 rings (SSSR count). The van der Waals surface area contributed by atoms with Gasteiger partial charge in [0.1, 0.15) is 0 Å². The maximum atomic E-state index is 10.6. The second-order valence-electron chi connectivity index (χ2n) is 2.64. The van der Waals surface area contributed by atoms with Gasteiger partial charge in [0.05, 0.1) is 5.33 Å². The number of carbonyl (C=O) groups is 1. The fraction of sp³-hybridized carbons (Fsp3) is 0.182. The van der Waals surface area contributed by atoms with Gasteiger partial charge in [-0.2, -0.15) is 0 Å². The molecular formula is C11H9BrO. The summed E-state index contributed by atoms with van der Waals surface area (Å²) in [5, 5.41) is 0.624. The summed E-state index contributed by atoms with van der Waals surface area (Å²) in [6.45, 7) is 1.98. The number of hydrogen-bond acceptors (Lipinski definition) is 1. The van der Waals surface area contributed by atoms with Gasteiger partial charge in [-0.25, -0.2) is 0 Å². The van der Waals surface area contributed by atoms with Gasteiger partial charge in [-0.1, -0.05) is 39.9 Å². The molecule has 0 unspecified atom stereocenters. The number of hydrogen-bond donors (Lipinski definition) is 0. The summed E-state index contributed by atoms with van der Waals surface area (Å²) in [4.78, 5) is 10.6. The topological polar surface area (TPSA) is 17.1 Å². The Morgan fingerprint density at radius 1 is 1.54 bits per heavy atom. The Kier molecular flexibility index (Phi) is 3.72. The summed E-state index contributed by atoms with van der Waals surface area (Å²) in [6.07, 6.45) is 0.831. The molecule has 0 saturated heterocycles. The normalized spacial score (nSPS) is 8.77.